The van der Waals surface area contributed by atoms with Gasteiger partial charge in [0.15, 0.2) is 0 Å². The maximum Gasteiger partial charge on any atom is 0.335 e. The van der Waals surface area contributed by atoms with Crippen molar-refractivity contribution in [1.82, 2.24) is 4.90 Å². The van der Waals surface area contributed by atoms with Gasteiger partial charge in [-0.05, 0) is 47.5 Å². The van der Waals surface area contributed by atoms with Crippen molar-refractivity contribution in [3.63, 3.8) is 0 Å². The number of carbonyl (C=O) groups excluding carboxylic acids is 1. The third-order valence-electron chi connectivity index (χ3n) is 5.29. The Morgan fingerprint density at radius 1 is 0.655 bits per heavy atom. The molecule has 0 atom stereocenters. The number of amides is 1. The third-order valence-corrected chi connectivity index (χ3v) is 5.29. The van der Waals surface area contributed by atoms with Crippen LogP contribution in [0.15, 0.2) is 78.9 Å². The van der Waals surface area contributed by atoms with Crippen LogP contribution in [0, 0.1) is 0 Å². The molecule has 5 heteroatoms. The first-order valence-electron chi connectivity index (χ1n) is 9.65. The van der Waals surface area contributed by atoms with Crippen LogP contribution in [0.4, 0.5) is 5.69 Å². The molecule has 0 aliphatic carbocycles. The van der Waals surface area contributed by atoms with Crippen molar-refractivity contribution in [3.8, 4) is 11.1 Å². The lowest BCUT2D eigenvalue weighted by molar-refractivity contribution is 0.0693. The van der Waals surface area contributed by atoms with E-state index in [4.69, 9.17) is 5.11 Å². The predicted molar refractivity (Wildman–Crippen MR) is 113 cm³/mol. The molecule has 3 aromatic carbocycles. The summed E-state index contributed by atoms with van der Waals surface area (Å²) in [5.41, 5.74) is 4.25. The Bertz CT molecular complexity index is 991. The molecule has 1 saturated heterocycles. The number of nitrogens with zero attached hydrogens (tertiary/aromatic N) is 2. The van der Waals surface area contributed by atoms with Gasteiger partial charge in [0, 0.05) is 37.4 Å². The first kappa shape index (κ1) is 18.7. The van der Waals surface area contributed by atoms with Gasteiger partial charge in [0.25, 0.3) is 5.91 Å². The molecule has 0 aromatic heterocycles. The summed E-state index contributed by atoms with van der Waals surface area (Å²) in [4.78, 5) is 27.7. The SMILES string of the molecule is O=C(O)c1ccc(C(=O)N2CCN(c3ccc(-c4ccccc4)cc3)CC2)cc1. The maximum atomic E-state index is 12.7. The van der Waals surface area contributed by atoms with Crippen molar-refractivity contribution >= 4 is 17.6 Å². The molecule has 0 bridgehead atoms. The summed E-state index contributed by atoms with van der Waals surface area (Å²) in [7, 11) is 0. The van der Waals surface area contributed by atoms with E-state index in [-0.39, 0.29) is 11.5 Å². The van der Waals surface area contributed by atoms with Gasteiger partial charge in [0.05, 0.1) is 5.56 Å². The van der Waals surface area contributed by atoms with Gasteiger partial charge in [-0.3, -0.25) is 4.79 Å². The van der Waals surface area contributed by atoms with Gasteiger partial charge in [-0.1, -0.05) is 42.5 Å². The second-order valence-corrected chi connectivity index (χ2v) is 7.07. The van der Waals surface area contributed by atoms with Crippen molar-refractivity contribution in [2.24, 2.45) is 0 Å². The van der Waals surface area contributed by atoms with Crippen molar-refractivity contribution in [3.05, 3.63) is 90.0 Å². The Hall–Kier alpha value is -3.60. The normalized spacial score (nSPS) is 13.9. The predicted octanol–water partition coefficient (Wildman–Crippen LogP) is 4.01. The molecular weight excluding hydrogens is 364 g/mol. The third kappa shape index (κ3) is 4.14. The molecule has 0 spiro atoms. The van der Waals surface area contributed by atoms with Crippen molar-refractivity contribution in [1.29, 1.82) is 0 Å². The highest BCUT2D eigenvalue weighted by Crippen LogP contribution is 2.24. The molecule has 1 heterocycles. The number of benzene rings is 3. The lowest BCUT2D eigenvalue weighted by Gasteiger charge is -2.36. The summed E-state index contributed by atoms with van der Waals surface area (Å²) >= 11 is 0. The highest BCUT2D eigenvalue weighted by atomic mass is 16.4. The van der Waals surface area contributed by atoms with Crippen LogP contribution in [0.5, 0.6) is 0 Å². The highest BCUT2D eigenvalue weighted by molar-refractivity contribution is 5.96. The molecular formula is C24H22N2O3. The van der Waals surface area contributed by atoms with E-state index >= 15 is 0 Å². The van der Waals surface area contributed by atoms with Gasteiger partial charge in [-0.2, -0.15) is 0 Å². The second kappa shape index (κ2) is 8.19. The van der Waals surface area contributed by atoms with Crippen LogP contribution in [-0.2, 0) is 0 Å². The number of carboxylic acids is 1. The summed E-state index contributed by atoms with van der Waals surface area (Å²) in [5.74, 6) is -1.04. The fourth-order valence-electron chi connectivity index (χ4n) is 3.60. The van der Waals surface area contributed by atoms with Crippen LogP contribution >= 0.6 is 0 Å². The van der Waals surface area contributed by atoms with Gasteiger partial charge in [-0.15, -0.1) is 0 Å². The monoisotopic (exact) mass is 386 g/mol. The lowest BCUT2D eigenvalue weighted by Crippen LogP contribution is -2.48. The summed E-state index contributed by atoms with van der Waals surface area (Å²) < 4.78 is 0. The first-order valence-corrected chi connectivity index (χ1v) is 9.65. The van der Waals surface area contributed by atoms with Crippen molar-refractivity contribution < 1.29 is 14.7 Å². The summed E-state index contributed by atoms with van der Waals surface area (Å²) in [6, 6.07) is 24.9. The minimum atomic E-state index is -0.990. The van der Waals surface area contributed by atoms with Crippen LogP contribution in [0.25, 0.3) is 11.1 Å². The van der Waals surface area contributed by atoms with Gasteiger partial charge in [0.2, 0.25) is 0 Å². The van der Waals surface area contributed by atoms with Gasteiger partial charge < -0.3 is 14.9 Å². The summed E-state index contributed by atoms with van der Waals surface area (Å²) in [5, 5.41) is 8.98. The van der Waals surface area contributed by atoms with E-state index in [1.807, 2.05) is 23.1 Å². The van der Waals surface area contributed by atoms with E-state index in [9.17, 15) is 9.59 Å². The molecule has 1 amide bonds. The molecule has 1 aliphatic heterocycles. The molecule has 1 N–H and O–H groups in total. The number of hydrogen-bond donors (Lipinski definition) is 1. The standard InChI is InChI=1S/C24H22N2O3/c27-23(20-6-8-21(9-7-20)24(28)29)26-16-14-25(15-17-26)22-12-10-19(11-13-22)18-4-2-1-3-5-18/h1-13H,14-17H2,(H,28,29). The van der Waals surface area contributed by atoms with Crippen molar-refractivity contribution in [2.75, 3.05) is 31.1 Å². The van der Waals surface area contributed by atoms with E-state index < -0.39 is 5.97 Å². The van der Waals surface area contributed by atoms with Gasteiger partial charge in [0.1, 0.15) is 0 Å². The number of hydrogen-bond acceptors (Lipinski definition) is 3. The molecule has 0 unspecified atom stereocenters. The average Bonchev–Trinajstić information content (AvgIpc) is 2.79. The zero-order chi connectivity index (χ0) is 20.2. The highest BCUT2D eigenvalue weighted by Gasteiger charge is 2.22. The number of rotatable bonds is 4. The second-order valence-electron chi connectivity index (χ2n) is 7.07. The molecule has 0 saturated carbocycles. The minimum absolute atomic E-state index is 0.0546. The minimum Gasteiger partial charge on any atom is -0.478 e. The van der Waals surface area contributed by atoms with E-state index in [0.717, 1.165) is 18.8 Å². The molecule has 4 rings (SSSR count). The van der Waals surface area contributed by atoms with E-state index in [1.165, 1.54) is 23.3 Å². The molecule has 1 aliphatic rings. The number of anilines is 1. The maximum absolute atomic E-state index is 12.7. The van der Waals surface area contributed by atoms with Crippen LogP contribution in [0.3, 0.4) is 0 Å². The zero-order valence-corrected chi connectivity index (χ0v) is 16.0. The largest absolute Gasteiger partial charge is 0.478 e. The molecule has 146 valence electrons. The Labute approximate surface area is 169 Å². The Morgan fingerprint density at radius 2 is 1.21 bits per heavy atom. The topological polar surface area (TPSA) is 60.9 Å². The smallest absolute Gasteiger partial charge is 0.335 e. The number of aromatic carboxylic acids is 1. The first-order chi connectivity index (χ1) is 14.1. The van der Waals surface area contributed by atoms with Crippen LogP contribution < -0.4 is 4.90 Å². The summed E-state index contributed by atoms with van der Waals surface area (Å²) in [6.45, 7) is 2.81. The Balaban J connectivity index is 1.37. The molecule has 1 fully saturated rings. The Kier molecular flexibility index (Phi) is 5.29. The van der Waals surface area contributed by atoms with Crippen LogP contribution in [0.1, 0.15) is 20.7 Å². The lowest BCUT2D eigenvalue weighted by atomic mass is 10.1. The van der Waals surface area contributed by atoms with Crippen LogP contribution in [0.2, 0.25) is 0 Å². The fraction of sp³-hybridized carbons (Fsp3) is 0.167. The van der Waals surface area contributed by atoms with E-state index in [1.54, 1.807) is 12.1 Å². The van der Waals surface area contributed by atoms with Gasteiger partial charge >= 0.3 is 5.97 Å². The molecule has 3 aromatic rings. The zero-order valence-electron chi connectivity index (χ0n) is 16.0. The van der Waals surface area contributed by atoms with Crippen LogP contribution in [-0.4, -0.2) is 48.1 Å². The fourth-order valence-corrected chi connectivity index (χ4v) is 3.60. The van der Waals surface area contributed by atoms with E-state index in [2.05, 4.69) is 41.3 Å². The number of piperazine rings is 1. The molecule has 5 nitrogen and oxygen atoms in total. The summed E-state index contributed by atoms with van der Waals surface area (Å²) in [6.07, 6.45) is 0. The Morgan fingerprint density at radius 3 is 1.79 bits per heavy atom. The quantitative estimate of drug-likeness (QED) is 0.736. The van der Waals surface area contributed by atoms with Crippen molar-refractivity contribution in [2.45, 2.75) is 0 Å². The number of carbonyl (C=O) groups is 2. The molecule has 0 radical (unpaired) electrons. The molecule has 29 heavy (non-hydrogen) atoms. The average molecular weight is 386 g/mol. The van der Waals surface area contributed by atoms with E-state index in [0.29, 0.717) is 18.7 Å². The van der Waals surface area contributed by atoms with Gasteiger partial charge in [-0.25, -0.2) is 4.79 Å². The number of carboxylic acid groups (broad SMARTS) is 1.